The predicted octanol–water partition coefficient (Wildman–Crippen LogP) is 8.07. The van der Waals surface area contributed by atoms with Crippen molar-refractivity contribution in [1.29, 1.82) is 0 Å². The highest BCUT2D eigenvalue weighted by Gasteiger charge is 2.05. The summed E-state index contributed by atoms with van der Waals surface area (Å²) >= 11 is 0. The van der Waals surface area contributed by atoms with Crippen LogP contribution >= 0.6 is 0 Å². The fourth-order valence-electron chi connectivity index (χ4n) is 4.14. The zero-order valence-electron chi connectivity index (χ0n) is 20.5. The molecule has 0 aliphatic heterocycles. The summed E-state index contributed by atoms with van der Waals surface area (Å²) in [6.45, 7) is 6.43. The van der Waals surface area contributed by atoms with Crippen molar-refractivity contribution in [2.24, 2.45) is 0 Å². The van der Waals surface area contributed by atoms with E-state index in [-0.39, 0.29) is 7.43 Å². The summed E-state index contributed by atoms with van der Waals surface area (Å²) in [5.41, 5.74) is 10.3. The fraction of sp³-hybridized carbons (Fsp3) is 0.188. The molecule has 0 fully saturated rings. The van der Waals surface area contributed by atoms with Crippen LogP contribution < -0.4 is 0 Å². The third kappa shape index (κ3) is 5.38. The van der Waals surface area contributed by atoms with Crippen LogP contribution in [0.25, 0.3) is 33.8 Å². The molecule has 4 heteroatoms. The summed E-state index contributed by atoms with van der Waals surface area (Å²) in [4.78, 5) is 9.24. The van der Waals surface area contributed by atoms with Crippen molar-refractivity contribution < 1.29 is 0 Å². The molecule has 0 saturated heterocycles. The van der Waals surface area contributed by atoms with Crippen LogP contribution in [-0.2, 0) is 12.8 Å². The first-order chi connectivity index (χ1) is 17.1. The Balaban J connectivity index is 0.000000165. The van der Waals surface area contributed by atoms with Crippen molar-refractivity contribution in [3.63, 3.8) is 0 Å². The number of nitrogens with zero attached hydrogens (tertiary/aromatic N) is 4. The van der Waals surface area contributed by atoms with Gasteiger partial charge in [0.25, 0.3) is 0 Å². The molecule has 0 aliphatic rings. The molecule has 0 unspecified atom stereocenters. The summed E-state index contributed by atoms with van der Waals surface area (Å²) in [5.74, 6) is 0. The number of imidazole rings is 2. The lowest BCUT2D eigenvalue weighted by Gasteiger charge is -1.98. The number of pyridine rings is 2. The van der Waals surface area contributed by atoms with E-state index < -0.39 is 0 Å². The summed E-state index contributed by atoms with van der Waals surface area (Å²) in [5, 5.41) is 0. The lowest BCUT2D eigenvalue weighted by atomic mass is 10.1. The number of benzene rings is 2. The minimum absolute atomic E-state index is 0. The molecule has 0 radical (unpaired) electrons. The molecule has 4 heterocycles. The molecule has 0 spiro atoms. The second-order valence-electron chi connectivity index (χ2n) is 8.79. The molecule has 6 rings (SSSR count). The molecule has 2 aromatic carbocycles. The number of hydrogen-bond acceptors (Lipinski definition) is 2. The van der Waals surface area contributed by atoms with E-state index in [1.54, 1.807) is 0 Å². The van der Waals surface area contributed by atoms with E-state index in [2.05, 4.69) is 114 Å². The van der Waals surface area contributed by atoms with Gasteiger partial charge in [0, 0.05) is 35.9 Å². The normalized spacial score (nSPS) is 10.6. The van der Waals surface area contributed by atoms with Gasteiger partial charge in [0.2, 0.25) is 0 Å². The standard InChI is InChI=1S/C16H16N2.C15H14N2.CH4/c1-3-13-5-7-14(8-6-13)15-11-18-10-12(2)4-9-16(18)17-15;1-2-12-6-8-13(9-7-12)14-11-17-10-4-3-5-15(17)16-14;/h4-11H,3H2,1-2H3;3-11H,2H2,1H3;1H4. The second-order valence-corrected chi connectivity index (χ2v) is 8.79. The fourth-order valence-corrected chi connectivity index (χ4v) is 4.14. The van der Waals surface area contributed by atoms with Crippen LogP contribution in [0.5, 0.6) is 0 Å². The van der Waals surface area contributed by atoms with Gasteiger partial charge in [-0.3, -0.25) is 0 Å². The number of fused-ring (bicyclic) bond motifs is 2. The average molecular weight is 475 g/mol. The Kier molecular flexibility index (Phi) is 7.65. The Morgan fingerprint density at radius 3 is 1.64 bits per heavy atom. The molecule has 4 aromatic heterocycles. The van der Waals surface area contributed by atoms with E-state index in [4.69, 9.17) is 0 Å². The van der Waals surface area contributed by atoms with Crippen molar-refractivity contribution in [1.82, 2.24) is 18.8 Å². The number of aryl methyl sites for hydroxylation is 3. The Morgan fingerprint density at radius 2 is 1.11 bits per heavy atom. The summed E-state index contributed by atoms with van der Waals surface area (Å²) in [6, 6.07) is 27.4. The van der Waals surface area contributed by atoms with Gasteiger partial charge in [-0.25, -0.2) is 9.97 Å². The van der Waals surface area contributed by atoms with Crippen LogP contribution in [0.1, 0.15) is 38.0 Å². The SMILES string of the molecule is C.CCc1ccc(-c2cn3cc(C)ccc3n2)cc1.CCc1ccc(-c2cn3ccccc3n2)cc1. The first-order valence-corrected chi connectivity index (χ1v) is 12.2. The second kappa shape index (κ2) is 11.0. The van der Waals surface area contributed by atoms with Crippen LogP contribution in [0.2, 0.25) is 0 Å². The van der Waals surface area contributed by atoms with Gasteiger partial charge in [-0.2, -0.15) is 0 Å². The first-order valence-electron chi connectivity index (χ1n) is 12.2. The van der Waals surface area contributed by atoms with E-state index in [1.165, 1.54) is 27.8 Å². The minimum atomic E-state index is 0. The molecule has 0 aliphatic carbocycles. The molecule has 0 saturated carbocycles. The van der Waals surface area contributed by atoms with E-state index in [1.807, 2.05) is 28.8 Å². The van der Waals surface area contributed by atoms with Gasteiger partial charge in [-0.15, -0.1) is 0 Å². The van der Waals surface area contributed by atoms with Crippen molar-refractivity contribution in [3.8, 4) is 22.5 Å². The monoisotopic (exact) mass is 474 g/mol. The third-order valence-electron chi connectivity index (χ3n) is 6.28. The lowest BCUT2D eigenvalue weighted by molar-refractivity contribution is 1.14. The van der Waals surface area contributed by atoms with Crippen molar-refractivity contribution >= 4 is 11.3 Å². The van der Waals surface area contributed by atoms with Crippen LogP contribution in [0, 0.1) is 6.92 Å². The Labute approximate surface area is 213 Å². The highest BCUT2D eigenvalue weighted by atomic mass is 15.0. The van der Waals surface area contributed by atoms with Gasteiger partial charge in [-0.1, -0.05) is 81.9 Å². The van der Waals surface area contributed by atoms with Crippen LogP contribution in [-0.4, -0.2) is 18.8 Å². The van der Waals surface area contributed by atoms with Gasteiger partial charge in [0.1, 0.15) is 11.3 Å². The maximum Gasteiger partial charge on any atom is 0.137 e. The number of aromatic nitrogens is 4. The molecular formula is C32H34N4. The van der Waals surface area contributed by atoms with Gasteiger partial charge >= 0.3 is 0 Å². The zero-order chi connectivity index (χ0) is 24.2. The summed E-state index contributed by atoms with van der Waals surface area (Å²) < 4.78 is 4.13. The van der Waals surface area contributed by atoms with Crippen LogP contribution in [0.3, 0.4) is 0 Å². The molecule has 0 N–H and O–H groups in total. The van der Waals surface area contributed by atoms with E-state index in [0.717, 1.165) is 35.5 Å². The highest BCUT2D eigenvalue weighted by molar-refractivity contribution is 5.64. The molecule has 6 aromatic rings. The van der Waals surface area contributed by atoms with E-state index in [0.29, 0.717) is 0 Å². The third-order valence-corrected chi connectivity index (χ3v) is 6.28. The average Bonchev–Trinajstić information content (AvgIpc) is 3.53. The number of rotatable bonds is 4. The summed E-state index contributed by atoms with van der Waals surface area (Å²) in [6.07, 6.45) is 10.4. The predicted molar refractivity (Wildman–Crippen MR) is 151 cm³/mol. The molecule has 0 amide bonds. The Hall–Kier alpha value is -4.18. The van der Waals surface area contributed by atoms with Gasteiger partial charge in [0.05, 0.1) is 11.4 Å². The van der Waals surface area contributed by atoms with E-state index >= 15 is 0 Å². The summed E-state index contributed by atoms with van der Waals surface area (Å²) in [7, 11) is 0. The lowest BCUT2D eigenvalue weighted by Crippen LogP contribution is -1.82. The zero-order valence-corrected chi connectivity index (χ0v) is 20.5. The highest BCUT2D eigenvalue weighted by Crippen LogP contribution is 2.21. The van der Waals surface area contributed by atoms with E-state index in [9.17, 15) is 0 Å². The molecular weight excluding hydrogens is 440 g/mol. The maximum atomic E-state index is 4.64. The smallest absolute Gasteiger partial charge is 0.137 e. The van der Waals surface area contributed by atoms with Gasteiger partial charge in [0.15, 0.2) is 0 Å². The quantitative estimate of drug-likeness (QED) is 0.259. The largest absolute Gasteiger partial charge is 0.306 e. The minimum Gasteiger partial charge on any atom is -0.306 e. The number of hydrogen-bond donors (Lipinski definition) is 0. The molecule has 0 bridgehead atoms. The van der Waals surface area contributed by atoms with Crippen molar-refractivity contribution in [2.75, 3.05) is 0 Å². The van der Waals surface area contributed by atoms with Gasteiger partial charge < -0.3 is 8.80 Å². The van der Waals surface area contributed by atoms with Crippen molar-refractivity contribution in [2.45, 2.75) is 41.0 Å². The Bertz CT molecular complexity index is 1520. The molecule has 182 valence electrons. The van der Waals surface area contributed by atoms with Gasteiger partial charge in [-0.05, 0) is 54.7 Å². The van der Waals surface area contributed by atoms with Crippen molar-refractivity contribution in [3.05, 3.63) is 120 Å². The Morgan fingerprint density at radius 1 is 0.583 bits per heavy atom. The van der Waals surface area contributed by atoms with Crippen LogP contribution in [0.4, 0.5) is 0 Å². The molecule has 36 heavy (non-hydrogen) atoms. The molecule has 0 atom stereocenters. The molecule has 4 nitrogen and oxygen atoms in total. The van der Waals surface area contributed by atoms with Crippen LogP contribution in [0.15, 0.2) is 104 Å². The maximum absolute atomic E-state index is 4.64. The first kappa shape index (κ1) is 24.9. The topological polar surface area (TPSA) is 34.6 Å².